The van der Waals surface area contributed by atoms with Crippen molar-refractivity contribution in [1.29, 1.82) is 0 Å². The van der Waals surface area contributed by atoms with E-state index < -0.39 is 5.97 Å². The van der Waals surface area contributed by atoms with Gasteiger partial charge in [0.15, 0.2) is 0 Å². The van der Waals surface area contributed by atoms with Crippen LogP contribution in [0.25, 0.3) is 11.0 Å². The molecule has 146 valence electrons. The van der Waals surface area contributed by atoms with Crippen LogP contribution in [0.5, 0.6) is 0 Å². The Labute approximate surface area is 165 Å². The van der Waals surface area contributed by atoms with E-state index in [0.29, 0.717) is 5.58 Å². The normalized spacial score (nSPS) is 16.9. The SMILES string of the molecule is C[C@H](CN1CCN(Cc2ccccc2)CC1)OC(=O)c1cc2ccccc2o1. The number of benzene rings is 2. The summed E-state index contributed by atoms with van der Waals surface area (Å²) in [5, 5.41) is 0.914. The Balaban J connectivity index is 1.24. The Bertz CT molecular complexity index is 881. The van der Waals surface area contributed by atoms with E-state index in [4.69, 9.17) is 9.15 Å². The molecule has 1 fully saturated rings. The number of hydrogen-bond donors (Lipinski definition) is 0. The number of para-hydroxylation sites is 1. The summed E-state index contributed by atoms with van der Waals surface area (Å²) < 4.78 is 11.2. The molecule has 1 aliphatic heterocycles. The van der Waals surface area contributed by atoms with Gasteiger partial charge in [-0.2, -0.15) is 0 Å². The van der Waals surface area contributed by atoms with Crippen molar-refractivity contribution in [1.82, 2.24) is 9.80 Å². The Morgan fingerprint density at radius 2 is 1.68 bits per heavy atom. The second kappa shape index (κ2) is 8.59. The van der Waals surface area contributed by atoms with Crippen LogP contribution in [-0.2, 0) is 11.3 Å². The van der Waals surface area contributed by atoms with Crippen LogP contribution in [0.3, 0.4) is 0 Å². The quantitative estimate of drug-likeness (QED) is 0.611. The molecular formula is C23H26N2O3. The van der Waals surface area contributed by atoms with E-state index >= 15 is 0 Å². The summed E-state index contributed by atoms with van der Waals surface area (Å²) in [6.07, 6.45) is -0.179. The van der Waals surface area contributed by atoms with Crippen molar-refractivity contribution in [2.75, 3.05) is 32.7 Å². The lowest BCUT2D eigenvalue weighted by Gasteiger charge is -2.35. The smallest absolute Gasteiger partial charge is 0.374 e. The number of furan rings is 1. The van der Waals surface area contributed by atoms with Crippen LogP contribution >= 0.6 is 0 Å². The zero-order valence-electron chi connectivity index (χ0n) is 16.2. The van der Waals surface area contributed by atoms with Crippen molar-refractivity contribution in [3.05, 3.63) is 72.0 Å². The highest BCUT2D eigenvalue weighted by molar-refractivity contribution is 5.92. The average Bonchev–Trinajstić information content (AvgIpc) is 3.15. The minimum absolute atomic E-state index is 0.179. The Hall–Kier alpha value is -2.63. The highest BCUT2D eigenvalue weighted by atomic mass is 16.6. The molecule has 0 radical (unpaired) electrons. The second-order valence-electron chi connectivity index (χ2n) is 7.43. The number of piperazine rings is 1. The maximum Gasteiger partial charge on any atom is 0.374 e. The van der Waals surface area contributed by atoms with Crippen molar-refractivity contribution < 1.29 is 13.9 Å². The molecule has 1 aromatic heterocycles. The molecule has 1 saturated heterocycles. The predicted molar refractivity (Wildman–Crippen MR) is 109 cm³/mol. The topological polar surface area (TPSA) is 45.9 Å². The molecule has 0 bridgehead atoms. The number of rotatable bonds is 6. The number of fused-ring (bicyclic) bond motifs is 1. The fraction of sp³-hybridized carbons (Fsp3) is 0.348. The molecule has 5 heteroatoms. The highest BCUT2D eigenvalue weighted by Crippen LogP contribution is 2.20. The first-order valence-corrected chi connectivity index (χ1v) is 9.85. The fourth-order valence-corrected chi connectivity index (χ4v) is 3.70. The van der Waals surface area contributed by atoms with Gasteiger partial charge < -0.3 is 9.15 Å². The van der Waals surface area contributed by atoms with Gasteiger partial charge in [0.05, 0.1) is 0 Å². The van der Waals surface area contributed by atoms with Gasteiger partial charge in [0, 0.05) is 44.7 Å². The van der Waals surface area contributed by atoms with Crippen molar-refractivity contribution in [3.8, 4) is 0 Å². The lowest BCUT2D eigenvalue weighted by atomic mass is 10.2. The molecule has 5 nitrogen and oxygen atoms in total. The largest absolute Gasteiger partial charge is 0.455 e. The maximum atomic E-state index is 12.4. The zero-order valence-corrected chi connectivity index (χ0v) is 16.2. The number of hydrogen-bond acceptors (Lipinski definition) is 5. The van der Waals surface area contributed by atoms with Gasteiger partial charge in [-0.25, -0.2) is 4.79 Å². The Kier molecular flexibility index (Phi) is 5.74. The molecule has 1 atom stereocenters. The third-order valence-electron chi connectivity index (χ3n) is 5.16. The van der Waals surface area contributed by atoms with E-state index in [1.165, 1.54) is 5.56 Å². The molecular weight excluding hydrogens is 352 g/mol. The molecule has 0 aliphatic carbocycles. The van der Waals surface area contributed by atoms with Gasteiger partial charge >= 0.3 is 5.97 Å². The predicted octanol–water partition coefficient (Wildman–Crippen LogP) is 3.80. The van der Waals surface area contributed by atoms with E-state index in [0.717, 1.165) is 44.7 Å². The first-order valence-electron chi connectivity index (χ1n) is 9.85. The summed E-state index contributed by atoms with van der Waals surface area (Å²) in [6, 6.07) is 19.9. The summed E-state index contributed by atoms with van der Waals surface area (Å²) in [6.45, 7) is 7.70. The van der Waals surface area contributed by atoms with Crippen molar-refractivity contribution >= 4 is 16.9 Å². The van der Waals surface area contributed by atoms with Crippen LogP contribution in [0.2, 0.25) is 0 Å². The van der Waals surface area contributed by atoms with Gasteiger partial charge in [-0.3, -0.25) is 9.80 Å². The minimum atomic E-state index is -0.397. The monoisotopic (exact) mass is 378 g/mol. The number of ether oxygens (including phenoxy) is 1. The van der Waals surface area contributed by atoms with Gasteiger partial charge in [0.2, 0.25) is 5.76 Å². The molecule has 1 aliphatic rings. The van der Waals surface area contributed by atoms with E-state index in [2.05, 4.69) is 40.1 Å². The molecule has 0 amide bonds. The second-order valence-corrected chi connectivity index (χ2v) is 7.43. The van der Waals surface area contributed by atoms with Gasteiger partial charge in [0.1, 0.15) is 11.7 Å². The molecule has 0 saturated carbocycles. The van der Waals surface area contributed by atoms with Gasteiger partial charge in [0.25, 0.3) is 0 Å². The summed E-state index contributed by atoms with van der Waals surface area (Å²) in [4.78, 5) is 17.2. The maximum absolute atomic E-state index is 12.4. The number of esters is 1. The van der Waals surface area contributed by atoms with E-state index in [9.17, 15) is 4.79 Å². The summed E-state index contributed by atoms with van der Waals surface area (Å²) in [5.74, 6) is -0.132. The van der Waals surface area contributed by atoms with Crippen LogP contribution in [0.15, 0.2) is 65.1 Å². The Morgan fingerprint density at radius 1 is 1.00 bits per heavy atom. The van der Waals surface area contributed by atoms with Crippen LogP contribution in [0.1, 0.15) is 23.0 Å². The molecule has 3 aromatic rings. The molecule has 4 rings (SSSR count). The summed E-state index contributed by atoms with van der Waals surface area (Å²) in [5.41, 5.74) is 2.06. The third kappa shape index (κ3) is 4.61. The van der Waals surface area contributed by atoms with Crippen LogP contribution in [0.4, 0.5) is 0 Å². The fourth-order valence-electron chi connectivity index (χ4n) is 3.70. The molecule has 2 heterocycles. The zero-order chi connectivity index (χ0) is 19.3. The standard InChI is InChI=1S/C23H26N2O3/c1-18(27-23(26)22-15-20-9-5-6-10-21(20)28-22)16-24-11-13-25(14-12-24)17-19-7-3-2-4-8-19/h2-10,15,18H,11-14,16-17H2,1H3/t18-/m1/s1. The molecule has 0 spiro atoms. The van der Waals surface area contributed by atoms with Crippen molar-refractivity contribution in [3.63, 3.8) is 0 Å². The first kappa shape index (κ1) is 18.7. The number of carbonyl (C=O) groups excluding carboxylic acids is 1. The number of carbonyl (C=O) groups is 1. The Morgan fingerprint density at radius 3 is 2.43 bits per heavy atom. The van der Waals surface area contributed by atoms with E-state index in [1.807, 2.05) is 31.2 Å². The first-order chi connectivity index (χ1) is 13.7. The van der Waals surface area contributed by atoms with Crippen LogP contribution in [-0.4, -0.2) is 54.6 Å². The molecule has 0 N–H and O–H groups in total. The van der Waals surface area contributed by atoms with Crippen molar-refractivity contribution in [2.45, 2.75) is 19.6 Å². The van der Waals surface area contributed by atoms with Gasteiger partial charge in [-0.05, 0) is 24.6 Å². The lowest BCUT2D eigenvalue weighted by molar-refractivity contribution is 0.0163. The lowest BCUT2D eigenvalue weighted by Crippen LogP contribution is -2.48. The molecule has 28 heavy (non-hydrogen) atoms. The summed E-state index contributed by atoms with van der Waals surface area (Å²) >= 11 is 0. The molecule has 0 unspecified atom stereocenters. The number of nitrogens with zero attached hydrogens (tertiary/aromatic N) is 2. The molecule has 2 aromatic carbocycles. The van der Waals surface area contributed by atoms with Gasteiger partial charge in [-0.1, -0.05) is 48.5 Å². The van der Waals surface area contributed by atoms with Crippen molar-refractivity contribution in [2.24, 2.45) is 0 Å². The minimum Gasteiger partial charge on any atom is -0.455 e. The van der Waals surface area contributed by atoms with E-state index in [-0.39, 0.29) is 11.9 Å². The summed E-state index contributed by atoms with van der Waals surface area (Å²) in [7, 11) is 0. The van der Waals surface area contributed by atoms with Gasteiger partial charge in [-0.15, -0.1) is 0 Å². The highest BCUT2D eigenvalue weighted by Gasteiger charge is 2.22. The average molecular weight is 378 g/mol. The van der Waals surface area contributed by atoms with E-state index in [1.54, 1.807) is 6.07 Å². The van der Waals surface area contributed by atoms with Crippen LogP contribution < -0.4 is 0 Å². The third-order valence-corrected chi connectivity index (χ3v) is 5.16. The van der Waals surface area contributed by atoms with Crippen LogP contribution in [0, 0.1) is 0 Å².